The number of hydrogen-bond donors (Lipinski definition) is 0. The lowest BCUT2D eigenvalue weighted by Crippen LogP contribution is -2.14. The van der Waals surface area contributed by atoms with Crippen molar-refractivity contribution in [3.05, 3.63) is 41.5 Å². The molecule has 0 amide bonds. The second-order valence-corrected chi connectivity index (χ2v) is 7.80. The van der Waals surface area contributed by atoms with Crippen LogP contribution in [0.4, 0.5) is 0 Å². The van der Waals surface area contributed by atoms with Gasteiger partial charge in [0.1, 0.15) is 0 Å². The Morgan fingerprint density at radius 2 is 1.89 bits per heavy atom. The molecule has 1 aliphatic carbocycles. The average molecular weight is 256 g/mol. The van der Waals surface area contributed by atoms with Crippen LogP contribution in [0.25, 0.3) is 10.8 Å². The van der Waals surface area contributed by atoms with Gasteiger partial charge in [0.25, 0.3) is 0 Å². The lowest BCUT2D eigenvalue weighted by molar-refractivity contribution is 0.546. The third-order valence-corrected chi connectivity index (χ3v) is 4.89. The summed E-state index contributed by atoms with van der Waals surface area (Å²) in [6.45, 7) is 9.24. The fourth-order valence-corrected chi connectivity index (χ4v) is 4.05. The van der Waals surface area contributed by atoms with Crippen molar-refractivity contribution >= 4 is 22.5 Å². The molecule has 0 N–H and O–H groups in total. The van der Waals surface area contributed by atoms with E-state index >= 15 is 0 Å². The zero-order valence-electron chi connectivity index (χ0n) is 11.6. The minimum Gasteiger partial charge on any atom is -0.123 e. The van der Waals surface area contributed by atoms with Crippen LogP contribution >= 0.6 is 11.8 Å². The highest BCUT2D eigenvalue weighted by Gasteiger charge is 2.31. The van der Waals surface area contributed by atoms with E-state index in [0.717, 1.165) is 0 Å². The van der Waals surface area contributed by atoms with Crippen LogP contribution in [-0.4, -0.2) is 5.25 Å². The predicted octanol–water partition coefficient (Wildman–Crippen LogP) is 5.17. The SMILES string of the molecule is CC(C)Sc1ccc2c3c(cccc13)CC2(C)C. The van der Waals surface area contributed by atoms with Crippen molar-refractivity contribution in [2.75, 3.05) is 0 Å². The Kier molecular flexibility index (Phi) is 2.71. The summed E-state index contributed by atoms with van der Waals surface area (Å²) in [5.74, 6) is 0. The van der Waals surface area contributed by atoms with Crippen molar-refractivity contribution in [3.63, 3.8) is 0 Å². The minimum atomic E-state index is 0.295. The van der Waals surface area contributed by atoms with Gasteiger partial charge in [-0.05, 0) is 39.8 Å². The predicted molar refractivity (Wildman–Crippen MR) is 81.7 cm³/mol. The summed E-state index contributed by atoms with van der Waals surface area (Å²) < 4.78 is 0. The molecule has 18 heavy (non-hydrogen) atoms. The van der Waals surface area contributed by atoms with Gasteiger partial charge in [0.05, 0.1) is 0 Å². The monoisotopic (exact) mass is 256 g/mol. The van der Waals surface area contributed by atoms with Crippen molar-refractivity contribution in [1.82, 2.24) is 0 Å². The maximum Gasteiger partial charge on any atom is 0.0153 e. The molecule has 2 aromatic rings. The van der Waals surface area contributed by atoms with Crippen LogP contribution in [-0.2, 0) is 11.8 Å². The van der Waals surface area contributed by atoms with Gasteiger partial charge in [0.2, 0.25) is 0 Å². The molecular weight excluding hydrogens is 236 g/mol. The molecule has 0 atom stereocenters. The molecule has 0 nitrogen and oxygen atoms in total. The van der Waals surface area contributed by atoms with Gasteiger partial charge in [0.15, 0.2) is 0 Å². The highest BCUT2D eigenvalue weighted by Crippen LogP contribution is 2.45. The summed E-state index contributed by atoms with van der Waals surface area (Å²) in [5.41, 5.74) is 3.35. The first-order chi connectivity index (χ1) is 8.49. The molecule has 0 aromatic heterocycles. The highest BCUT2D eigenvalue weighted by molar-refractivity contribution is 8.00. The second-order valence-electron chi connectivity index (χ2n) is 6.18. The summed E-state index contributed by atoms with van der Waals surface area (Å²) in [6.07, 6.45) is 1.18. The van der Waals surface area contributed by atoms with Gasteiger partial charge in [0, 0.05) is 10.1 Å². The van der Waals surface area contributed by atoms with E-state index in [4.69, 9.17) is 0 Å². The van der Waals surface area contributed by atoms with Gasteiger partial charge in [-0.1, -0.05) is 52.0 Å². The van der Waals surface area contributed by atoms with Crippen LogP contribution < -0.4 is 0 Å². The average Bonchev–Trinajstić information content (AvgIpc) is 2.54. The van der Waals surface area contributed by atoms with Gasteiger partial charge in [-0.25, -0.2) is 0 Å². The third-order valence-electron chi connectivity index (χ3n) is 3.81. The molecule has 0 spiro atoms. The van der Waals surface area contributed by atoms with Gasteiger partial charge in [-0.3, -0.25) is 0 Å². The second kappa shape index (κ2) is 4.03. The maximum absolute atomic E-state index is 2.36. The zero-order valence-corrected chi connectivity index (χ0v) is 12.4. The molecule has 3 rings (SSSR count). The van der Waals surface area contributed by atoms with Crippen LogP contribution in [0.5, 0.6) is 0 Å². The van der Waals surface area contributed by atoms with Crippen molar-refractivity contribution in [2.45, 2.75) is 49.7 Å². The first-order valence-electron chi connectivity index (χ1n) is 6.71. The third kappa shape index (κ3) is 1.76. The summed E-state index contributed by atoms with van der Waals surface area (Å²) in [5, 5.41) is 3.61. The van der Waals surface area contributed by atoms with Gasteiger partial charge >= 0.3 is 0 Å². The fourth-order valence-electron chi connectivity index (χ4n) is 3.10. The standard InChI is InChI=1S/C17H20S/c1-11(2)18-15-9-8-14-16-12(10-17(14,3)4)6-5-7-13(15)16/h5-9,11H,10H2,1-4H3. The molecule has 0 saturated carbocycles. The zero-order chi connectivity index (χ0) is 12.9. The van der Waals surface area contributed by atoms with Crippen LogP contribution in [0.2, 0.25) is 0 Å². The van der Waals surface area contributed by atoms with Crippen LogP contribution in [0.1, 0.15) is 38.8 Å². The summed E-state index contributed by atoms with van der Waals surface area (Å²) in [6, 6.07) is 11.5. The Hall–Kier alpha value is -0.950. The lowest BCUT2D eigenvalue weighted by Gasteiger charge is -2.19. The van der Waals surface area contributed by atoms with E-state index < -0.39 is 0 Å². The largest absolute Gasteiger partial charge is 0.123 e. The van der Waals surface area contributed by atoms with E-state index in [9.17, 15) is 0 Å². The smallest absolute Gasteiger partial charge is 0.0153 e. The fraction of sp³-hybridized carbons (Fsp3) is 0.412. The van der Waals surface area contributed by atoms with Crippen molar-refractivity contribution < 1.29 is 0 Å². The summed E-state index contributed by atoms with van der Waals surface area (Å²) in [4.78, 5) is 1.43. The van der Waals surface area contributed by atoms with E-state index in [1.54, 1.807) is 0 Å². The molecule has 0 bridgehead atoms. The Labute approximate surface area is 114 Å². The Balaban J connectivity index is 2.28. The van der Waals surface area contributed by atoms with Crippen LogP contribution in [0.15, 0.2) is 35.2 Å². The van der Waals surface area contributed by atoms with Gasteiger partial charge < -0.3 is 0 Å². The molecule has 1 heteroatoms. The summed E-state index contributed by atoms with van der Waals surface area (Å²) in [7, 11) is 0. The molecule has 94 valence electrons. The first-order valence-corrected chi connectivity index (χ1v) is 7.59. The Bertz CT molecular complexity index is 608. The van der Waals surface area contributed by atoms with Gasteiger partial charge in [-0.2, -0.15) is 0 Å². The molecule has 0 saturated heterocycles. The van der Waals surface area contributed by atoms with Crippen molar-refractivity contribution in [3.8, 4) is 0 Å². The van der Waals surface area contributed by atoms with E-state index in [0.29, 0.717) is 10.7 Å². The minimum absolute atomic E-state index is 0.295. The van der Waals surface area contributed by atoms with E-state index in [1.165, 1.54) is 33.2 Å². The molecule has 0 radical (unpaired) electrons. The normalized spacial score (nSPS) is 16.7. The Morgan fingerprint density at radius 3 is 2.61 bits per heavy atom. The molecular formula is C17H20S. The Morgan fingerprint density at radius 1 is 1.11 bits per heavy atom. The molecule has 2 aromatic carbocycles. The van der Waals surface area contributed by atoms with Crippen molar-refractivity contribution in [2.24, 2.45) is 0 Å². The molecule has 0 heterocycles. The highest BCUT2D eigenvalue weighted by atomic mass is 32.2. The van der Waals surface area contributed by atoms with E-state index in [1.807, 2.05) is 11.8 Å². The topological polar surface area (TPSA) is 0 Å². The van der Waals surface area contributed by atoms with Gasteiger partial charge in [-0.15, -0.1) is 11.8 Å². The van der Waals surface area contributed by atoms with Crippen LogP contribution in [0, 0.1) is 0 Å². The maximum atomic E-state index is 2.36. The summed E-state index contributed by atoms with van der Waals surface area (Å²) >= 11 is 1.97. The number of thioether (sulfide) groups is 1. The molecule has 0 aliphatic heterocycles. The number of rotatable bonds is 2. The van der Waals surface area contributed by atoms with E-state index in [2.05, 4.69) is 58.0 Å². The molecule has 0 unspecified atom stereocenters. The molecule has 1 aliphatic rings. The number of hydrogen-bond acceptors (Lipinski definition) is 1. The number of benzene rings is 2. The van der Waals surface area contributed by atoms with E-state index in [-0.39, 0.29) is 0 Å². The first kappa shape index (κ1) is 12.1. The molecule has 0 fully saturated rings. The lowest BCUT2D eigenvalue weighted by atomic mass is 9.85. The van der Waals surface area contributed by atoms with Crippen LogP contribution in [0.3, 0.4) is 0 Å². The van der Waals surface area contributed by atoms with Crippen molar-refractivity contribution in [1.29, 1.82) is 0 Å². The quantitative estimate of drug-likeness (QED) is 0.668.